The van der Waals surface area contributed by atoms with Crippen LogP contribution in [0.1, 0.15) is 11.4 Å². The van der Waals surface area contributed by atoms with Crippen molar-refractivity contribution in [3.63, 3.8) is 0 Å². The highest BCUT2D eigenvalue weighted by Gasteiger charge is 2.04. The summed E-state index contributed by atoms with van der Waals surface area (Å²) >= 11 is 3.54. The van der Waals surface area contributed by atoms with Crippen LogP contribution in [0.25, 0.3) is 0 Å². The van der Waals surface area contributed by atoms with Crippen LogP contribution in [0.4, 0.5) is 0 Å². The molecular formula is C15H18BrN3O2. The first-order chi connectivity index (χ1) is 10.3. The molecule has 112 valence electrons. The standard InChI is InChI=1S/C15H18BrN3O2/c1-20-8-7-17-10-12-9-13(3-4-14(12)16)21-11-15-18-5-2-6-19-15/h2-6,9,17H,7-8,10-11H2,1H3. The van der Waals surface area contributed by atoms with Gasteiger partial charge in [0, 0.05) is 37.1 Å². The van der Waals surface area contributed by atoms with Gasteiger partial charge in [-0.2, -0.15) is 0 Å². The molecule has 0 unspecified atom stereocenters. The van der Waals surface area contributed by atoms with Crippen LogP contribution in [0.5, 0.6) is 5.75 Å². The number of rotatable bonds is 8. The quantitative estimate of drug-likeness (QED) is 0.740. The Kier molecular flexibility index (Phi) is 6.59. The molecule has 1 aromatic carbocycles. The Morgan fingerprint density at radius 1 is 1.24 bits per heavy atom. The molecule has 1 aromatic heterocycles. The van der Waals surface area contributed by atoms with E-state index in [-0.39, 0.29) is 0 Å². The largest absolute Gasteiger partial charge is 0.486 e. The Labute approximate surface area is 132 Å². The van der Waals surface area contributed by atoms with Gasteiger partial charge in [0.2, 0.25) is 0 Å². The highest BCUT2D eigenvalue weighted by Crippen LogP contribution is 2.23. The van der Waals surface area contributed by atoms with E-state index in [1.54, 1.807) is 25.6 Å². The van der Waals surface area contributed by atoms with E-state index in [0.29, 0.717) is 19.0 Å². The Balaban J connectivity index is 1.91. The van der Waals surface area contributed by atoms with Crippen molar-refractivity contribution in [2.24, 2.45) is 0 Å². The van der Waals surface area contributed by atoms with E-state index in [1.165, 1.54) is 0 Å². The molecule has 2 rings (SSSR count). The number of ether oxygens (including phenoxy) is 2. The summed E-state index contributed by atoms with van der Waals surface area (Å²) in [4.78, 5) is 8.26. The number of halogens is 1. The second-order valence-electron chi connectivity index (χ2n) is 4.38. The fourth-order valence-corrected chi connectivity index (χ4v) is 2.11. The summed E-state index contributed by atoms with van der Waals surface area (Å²) in [6, 6.07) is 7.69. The van der Waals surface area contributed by atoms with Crippen LogP contribution in [-0.4, -0.2) is 30.2 Å². The molecule has 0 fully saturated rings. The van der Waals surface area contributed by atoms with E-state index in [9.17, 15) is 0 Å². The molecule has 2 aromatic rings. The molecule has 0 aliphatic heterocycles. The van der Waals surface area contributed by atoms with Gasteiger partial charge in [-0.15, -0.1) is 0 Å². The van der Waals surface area contributed by atoms with E-state index < -0.39 is 0 Å². The number of nitrogens with zero attached hydrogens (tertiary/aromatic N) is 2. The number of aromatic nitrogens is 2. The SMILES string of the molecule is COCCNCc1cc(OCc2ncccn2)ccc1Br. The fraction of sp³-hybridized carbons (Fsp3) is 0.333. The van der Waals surface area contributed by atoms with Gasteiger partial charge in [0.25, 0.3) is 0 Å². The van der Waals surface area contributed by atoms with Crippen LogP contribution >= 0.6 is 15.9 Å². The summed E-state index contributed by atoms with van der Waals surface area (Å²) in [6.07, 6.45) is 3.41. The Morgan fingerprint density at radius 3 is 2.81 bits per heavy atom. The summed E-state index contributed by atoms with van der Waals surface area (Å²) in [5, 5.41) is 3.31. The molecule has 0 saturated heterocycles. The summed E-state index contributed by atoms with van der Waals surface area (Å²) < 4.78 is 11.8. The second kappa shape index (κ2) is 8.71. The van der Waals surface area contributed by atoms with Gasteiger partial charge in [0.1, 0.15) is 12.4 Å². The van der Waals surface area contributed by atoms with Gasteiger partial charge in [-0.25, -0.2) is 9.97 Å². The molecule has 21 heavy (non-hydrogen) atoms. The number of hydrogen-bond donors (Lipinski definition) is 1. The molecule has 6 heteroatoms. The van der Waals surface area contributed by atoms with Crippen molar-refractivity contribution in [3.8, 4) is 5.75 Å². The number of hydrogen-bond acceptors (Lipinski definition) is 5. The molecular weight excluding hydrogens is 334 g/mol. The summed E-state index contributed by atoms with van der Waals surface area (Å²) in [7, 11) is 1.69. The van der Waals surface area contributed by atoms with Crippen molar-refractivity contribution in [1.29, 1.82) is 0 Å². The zero-order valence-corrected chi connectivity index (χ0v) is 13.5. The molecule has 0 aliphatic rings. The first-order valence-corrected chi connectivity index (χ1v) is 7.45. The van der Waals surface area contributed by atoms with E-state index in [0.717, 1.165) is 28.9 Å². The molecule has 1 N–H and O–H groups in total. The van der Waals surface area contributed by atoms with Gasteiger partial charge in [0.15, 0.2) is 5.82 Å². The van der Waals surface area contributed by atoms with Gasteiger partial charge in [-0.3, -0.25) is 0 Å². The highest BCUT2D eigenvalue weighted by molar-refractivity contribution is 9.10. The lowest BCUT2D eigenvalue weighted by atomic mass is 10.2. The number of nitrogens with one attached hydrogen (secondary N) is 1. The number of benzene rings is 1. The monoisotopic (exact) mass is 351 g/mol. The molecule has 0 spiro atoms. The van der Waals surface area contributed by atoms with Gasteiger partial charge in [-0.05, 0) is 29.8 Å². The van der Waals surface area contributed by atoms with E-state index in [1.807, 2.05) is 18.2 Å². The summed E-state index contributed by atoms with van der Waals surface area (Å²) in [5.41, 5.74) is 1.14. The molecule has 0 aliphatic carbocycles. The maximum atomic E-state index is 5.72. The maximum absolute atomic E-state index is 5.72. The molecule has 0 saturated carbocycles. The van der Waals surface area contributed by atoms with Gasteiger partial charge >= 0.3 is 0 Å². The molecule has 5 nitrogen and oxygen atoms in total. The average molecular weight is 352 g/mol. The van der Waals surface area contributed by atoms with Crippen molar-refractivity contribution < 1.29 is 9.47 Å². The third kappa shape index (κ3) is 5.41. The van der Waals surface area contributed by atoms with Crippen LogP contribution in [0, 0.1) is 0 Å². The minimum Gasteiger partial charge on any atom is -0.486 e. The molecule has 0 radical (unpaired) electrons. The molecule has 0 amide bonds. The second-order valence-corrected chi connectivity index (χ2v) is 5.23. The third-order valence-corrected chi connectivity index (χ3v) is 3.58. The van der Waals surface area contributed by atoms with E-state index >= 15 is 0 Å². The Bertz CT molecular complexity index is 552. The zero-order chi connectivity index (χ0) is 14.9. The van der Waals surface area contributed by atoms with Crippen molar-refractivity contribution in [2.75, 3.05) is 20.3 Å². The molecule has 0 bridgehead atoms. The predicted octanol–water partition coefficient (Wildman–Crippen LogP) is 2.55. The van der Waals surface area contributed by atoms with Crippen LogP contribution in [0.3, 0.4) is 0 Å². The number of methoxy groups -OCH3 is 1. The van der Waals surface area contributed by atoms with Gasteiger partial charge in [-0.1, -0.05) is 15.9 Å². The Hall–Kier alpha value is -1.50. The first-order valence-electron chi connectivity index (χ1n) is 6.66. The molecule has 0 atom stereocenters. The minimum atomic E-state index is 0.360. The zero-order valence-electron chi connectivity index (χ0n) is 11.9. The highest BCUT2D eigenvalue weighted by atomic mass is 79.9. The van der Waals surface area contributed by atoms with Crippen LogP contribution in [0.2, 0.25) is 0 Å². The van der Waals surface area contributed by atoms with Crippen LogP contribution in [-0.2, 0) is 17.9 Å². The van der Waals surface area contributed by atoms with Crippen molar-refractivity contribution >= 4 is 15.9 Å². The average Bonchev–Trinajstić information content (AvgIpc) is 2.53. The summed E-state index contributed by atoms with van der Waals surface area (Å²) in [6.45, 7) is 2.62. The normalized spacial score (nSPS) is 10.6. The maximum Gasteiger partial charge on any atom is 0.166 e. The summed E-state index contributed by atoms with van der Waals surface area (Å²) in [5.74, 6) is 1.47. The lowest BCUT2D eigenvalue weighted by Gasteiger charge is -2.10. The smallest absolute Gasteiger partial charge is 0.166 e. The van der Waals surface area contributed by atoms with Gasteiger partial charge < -0.3 is 14.8 Å². The van der Waals surface area contributed by atoms with E-state index in [4.69, 9.17) is 9.47 Å². The third-order valence-electron chi connectivity index (χ3n) is 2.80. The first kappa shape index (κ1) is 15.9. The topological polar surface area (TPSA) is 56.3 Å². The predicted molar refractivity (Wildman–Crippen MR) is 84.1 cm³/mol. The van der Waals surface area contributed by atoms with Crippen molar-refractivity contribution in [2.45, 2.75) is 13.2 Å². The van der Waals surface area contributed by atoms with Crippen molar-refractivity contribution in [1.82, 2.24) is 15.3 Å². The van der Waals surface area contributed by atoms with Crippen molar-refractivity contribution in [3.05, 3.63) is 52.5 Å². The van der Waals surface area contributed by atoms with Crippen LogP contribution in [0.15, 0.2) is 41.1 Å². The lowest BCUT2D eigenvalue weighted by Crippen LogP contribution is -2.18. The minimum absolute atomic E-state index is 0.360. The molecule has 1 heterocycles. The van der Waals surface area contributed by atoms with Crippen LogP contribution < -0.4 is 10.1 Å². The van der Waals surface area contributed by atoms with Gasteiger partial charge in [0.05, 0.1) is 6.61 Å². The fourth-order valence-electron chi connectivity index (χ4n) is 1.73. The lowest BCUT2D eigenvalue weighted by molar-refractivity contribution is 0.199. The van der Waals surface area contributed by atoms with E-state index in [2.05, 4.69) is 31.2 Å². The Morgan fingerprint density at radius 2 is 2.05 bits per heavy atom.